The van der Waals surface area contributed by atoms with Crippen LogP contribution in [0.3, 0.4) is 0 Å². The van der Waals surface area contributed by atoms with Crippen molar-refractivity contribution < 1.29 is 14.3 Å². The predicted molar refractivity (Wildman–Crippen MR) is 73.8 cm³/mol. The first kappa shape index (κ1) is 13.0. The van der Waals surface area contributed by atoms with Crippen molar-refractivity contribution in [1.29, 1.82) is 0 Å². The average Bonchev–Trinajstić information content (AvgIpc) is 2.45. The van der Waals surface area contributed by atoms with Gasteiger partial charge in [-0.2, -0.15) is 0 Å². The van der Waals surface area contributed by atoms with E-state index >= 15 is 0 Å². The third kappa shape index (κ3) is 2.71. The maximum atomic E-state index is 12.0. The molecule has 0 aliphatic heterocycles. The van der Waals surface area contributed by atoms with Crippen LogP contribution in [-0.2, 0) is 9.53 Å². The summed E-state index contributed by atoms with van der Waals surface area (Å²) in [6.07, 6.45) is 0.460. The summed E-state index contributed by atoms with van der Waals surface area (Å²) in [5.74, 6) is -1.31. The van der Waals surface area contributed by atoms with E-state index in [2.05, 4.69) is 6.58 Å². The van der Waals surface area contributed by atoms with Crippen molar-refractivity contribution in [3.63, 3.8) is 0 Å². The summed E-state index contributed by atoms with van der Waals surface area (Å²) in [5, 5.41) is 1.70. The van der Waals surface area contributed by atoms with Crippen molar-refractivity contribution in [2.45, 2.75) is 13.3 Å². The van der Waals surface area contributed by atoms with Crippen molar-refractivity contribution in [3.8, 4) is 0 Å². The summed E-state index contributed by atoms with van der Waals surface area (Å²) in [6, 6.07) is 12.8. The molecule has 19 heavy (non-hydrogen) atoms. The second-order valence-electron chi connectivity index (χ2n) is 4.16. The first-order chi connectivity index (χ1) is 9.13. The fraction of sp³-hybridized carbons (Fsp3) is 0.125. The second kappa shape index (κ2) is 5.48. The molecule has 0 atom stereocenters. The number of hydrogen-bond acceptors (Lipinski definition) is 3. The van der Waals surface area contributed by atoms with Crippen LogP contribution in [0, 0.1) is 0 Å². The Morgan fingerprint density at radius 1 is 1.11 bits per heavy atom. The van der Waals surface area contributed by atoms with Gasteiger partial charge in [-0.1, -0.05) is 49.9 Å². The minimum atomic E-state index is -0.666. The van der Waals surface area contributed by atoms with Crippen molar-refractivity contribution in [1.82, 2.24) is 0 Å². The second-order valence-corrected chi connectivity index (χ2v) is 4.16. The molecule has 0 aliphatic rings. The Balaban J connectivity index is 2.32. The monoisotopic (exact) mass is 254 g/mol. The van der Waals surface area contributed by atoms with Gasteiger partial charge >= 0.3 is 11.9 Å². The van der Waals surface area contributed by atoms with E-state index in [9.17, 15) is 9.59 Å². The number of carbonyl (C=O) groups is 2. The Morgan fingerprint density at radius 2 is 1.79 bits per heavy atom. The highest BCUT2D eigenvalue weighted by Gasteiger charge is 2.16. The van der Waals surface area contributed by atoms with Crippen LogP contribution >= 0.6 is 0 Å². The SMILES string of the molecule is C=C(CC)C(=O)OC(=O)c1cccc2ccccc12. The van der Waals surface area contributed by atoms with Gasteiger partial charge in [0, 0.05) is 5.57 Å². The van der Waals surface area contributed by atoms with Crippen LogP contribution in [0.5, 0.6) is 0 Å². The van der Waals surface area contributed by atoms with Gasteiger partial charge in [0.25, 0.3) is 0 Å². The third-order valence-corrected chi connectivity index (χ3v) is 2.91. The lowest BCUT2D eigenvalue weighted by molar-refractivity contribution is -0.133. The Kier molecular flexibility index (Phi) is 3.76. The molecule has 3 nitrogen and oxygen atoms in total. The largest absolute Gasteiger partial charge is 0.386 e. The van der Waals surface area contributed by atoms with Gasteiger partial charge in [-0.05, 0) is 23.3 Å². The zero-order valence-electron chi connectivity index (χ0n) is 10.7. The smallest absolute Gasteiger partial charge is 0.346 e. The van der Waals surface area contributed by atoms with E-state index in [0.29, 0.717) is 12.0 Å². The van der Waals surface area contributed by atoms with Crippen molar-refractivity contribution in [2.24, 2.45) is 0 Å². The van der Waals surface area contributed by atoms with E-state index in [4.69, 9.17) is 4.74 Å². The molecule has 0 unspecified atom stereocenters. The lowest BCUT2D eigenvalue weighted by Crippen LogP contribution is -2.14. The number of esters is 2. The van der Waals surface area contributed by atoms with Gasteiger partial charge < -0.3 is 4.74 Å². The van der Waals surface area contributed by atoms with Crippen molar-refractivity contribution in [2.75, 3.05) is 0 Å². The molecule has 96 valence electrons. The number of benzene rings is 2. The molecule has 0 N–H and O–H groups in total. The molecule has 0 saturated heterocycles. The standard InChI is InChI=1S/C16H14O3/c1-3-11(2)15(17)19-16(18)14-10-6-8-12-7-4-5-9-13(12)14/h4-10H,2-3H2,1H3. The van der Waals surface area contributed by atoms with Crippen LogP contribution in [0.15, 0.2) is 54.6 Å². The summed E-state index contributed by atoms with van der Waals surface area (Å²) in [5.41, 5.74) is 0.670. The molecule has 0 spiro atoms. The highest BCUT2D eigenvalue weighted by atomic mass is 16.6. The fourth-order valence-corrected chi connectivity index (χ4v) is 1.76. The van der Waals surface area contributed by atoms with Crippen LogP contribution in [0.2, 0.25) is 0 Å². The molecule has 3 heteroatoms. The van der Waals surface area contributed by atoms with Gasteiger partial charge in [0.1, 0.15) is 0 Å². The van der Waals surface area contributed by atoms with Crippen LogP contribution in [0.25, 0.3) is 10.8 Å². The number of rotatable bonds is 3. The fourth-order valence-electron chi connectivity index (χ4n) is 1.76. The summed E-state index contributed by atoms with van der Waals surface area (Å²) in [7, 11) is 0. The first-order valence-electron chi connectivity index (χ1n) is 6.05. The topological polar surface area (TPSA) is 43.4 Å². The van der Waals surface area contributed by atoms with Gasteiger partial charge in [-0.3, -0.25) is 0 Å². The molecule has 2 aromatic rings. The molecule has 0 heterocycles. The van der Waals surface area contributed by atoms with Crippen LogP contribution in [0.4, 0.5) is 0 Å². The maximum absolute atomic E-state index is 12.0. The minimum Gasteiger partial charge on any atom is -0.386 e. The summed E-state index contributed by atoms with van der Waals surface area (Å²) < 4.78 is 4.82. The maximum Gasteiger partial charge on any atom is 0.346 e. The quantitative estimate of drug-likeness (QED) is 0.478. The van der Waals surface area contributed by atoms with E-state index in [0.717, 1.165) is 10.8 Å². The number of fused-ring (bicyclic) bond motifs is 1. The molecule has 0 amide bonds. The number of hydrogen-bond donors (Lipinski definition) is 0. The lowest BCUT2D eigenvalue weighted by atomic mass is 10.0. The zero-order valence-corrected chi connectivity index (χ0v) is 10.7. The van der Waals surface area contributed by atoms with Gasteiger partial charge in [0.15, 0.2) is 0 Å². The lowest BCUT2D eigenvalue weighted by Gasteiger charge is -2.06. The summed E-state index contributed by atoms with van der Waals surface area (Å²) in [4.78, 5) is 23.6. The normalized spacial score (nSPS) is 10.2. The molecular formula is C16H14O3. The molecule has 0 saturated carbocycles. The molecule has 2 aromatic carbocycles. The molecule has 0 aliphatic carbocycles. The number of ether oxygens (including phenoxy) is 1. The van der Waals surface area contributed by atoms with E-state index in [-0.39, 0.29) is 5.57 Å². The van der Waals surface area contributed by atoms with Gasteiger partial charge in [-0.15, -0.1) is 0 Å². The molecule has 0 radical (unpaired) electrons. The highest BCUT2D eigenvalue weighted by Crippen LogP contribution is 2.19. The van der Waals surface area contributed by atoms with E-state index < -0.39 is 11.9 Å². The van der Waals surface area contributed by atoms with Crippen molar-refractivity contribution >= 4 is 22.7 Å². The Hall–Kier alpha value is -2.42. The van der Waals surface area contributed by atoms with Gasteiger partial charge in [0.2, 0.25) is 0 Å². The Labute approximate surface area is 111 Å². The molecule has 0 bridgehead atoms. The van der Waals surface area contributed by atoms with E-state index in [1.54, 1.807) is 19.1 Å². The first-order valence-corrected chi connectivity index (χ1v) is 6.05. The van der Waals surface area contributed by atoms with Crippen LogP contribution < -0.4 is 0 Å². The summed E-state index contributed by atoms with van der Waals surface area (Å²) >= 11 is 0. The Bertz CT molecular complexity index is 651. The average molecular weight is 254 g/mol. The van der Waals surface area contributed by atoms with E-state index in [1.165, 1.54) is 0 Å². The van der Waals surface area contributed by atoms with E-state index in [1.807, 2.05) is 30.3 Å². The predicted octanol–water partition coefficient (Wildman–Crippen LogP) is 3.49. The van der Waals surface area contributed by atoms with Gasteiger partial charge in [0.05, 0.1) is 5.56 Å². The summed E-state index contributed by atoms with van der Waals surface area (Å²) in [6.45, 7) is 5.34. The molecule has 0 fully saturated rings. The molecule has 2 rings (SSSR count). The van der Waals surface area contributed by atoms with Crippen LogP contribution in [0.1, 0.15) is 23.7 Å². The van der Waals surface area contributed by atoms with Crippen molar-refractivity contribution in [3.05, 3.63) is 60.2 Å². The number of carbonyl (C=O) groups excluding carboxylic acids is 2. The molecule has 0 aromatic heterocycles. The minimum absolute atomic E-state index is 0.286. The zero-order chi connectivity index (χ0) is 13.8. The van der Waals surface area contributed by atoms with Gasteiger partial charge in [-0.25, -0.2) is 9.59 Å². The third-order valence-electron chi connectivity index (χ3n) is 2.91. The highest BCUT2D eigenvalue weighted by molar-refractivity contribution is 6.09. The Morgan fingerprint density at radius 3 is 2.53 bits per heavy atom. The van der Waals surface area contributed by atoms with Crippen LogP contribution in [-0.4, -0.2) is 11.9 Å². The molecular weight excluding hydrogens is 240 g/mol.